The van der Waals surface area contributed by atoms with Crippen molar-refractivity contribution in [2.45, 2.75) is 75.7 Å². The molecule has 44 heavy (non-hydrogen) atoms. The number of carbonyl (C=O) groups excluding carboxylic acids is 2. The fourth-order valence-electron chi connectivity index (χ4n) is 6.91. The quantitative estimate of drug-likeness (QED) is 0.273. The van der Waals surface area contributed by atoms with E-state index in [4.69, 9.17) is 14.2 Å². The normalized spacial score (nSPS) is 22.4. The van der Waals surface area contributed by atoms with E-state index in [-0.39, 0.29) is 25.7 Å². The summed E-state index contributed by atoms with van der Waals surface area (Å²) in [6.07, 6.45) is 5.98. The largest absolute Gasteiger partial charge is 0.497 e. The summed E-state index contributed by atoms with van der Waals surface area (Å²) < 4.78 is 17.3. The molecule has 0 aromatic heterocycles. The topological polar surface area (TPSA) is 138 Å². The number of fused-ring (bicyclic) bond motifs is 3. The molecule has 1 fully saturated rings. The fourth-order valence-corrected chi connectivity index (χ4v) is 6.91. The van der Waals surface area contributed by atoms with Crippen LogP contribution in [0.5, 0.6) is 17.2 Å². The van der Waals surface area contributed by atoms with Crippen LogP contribution in [-0.2, 0) is 22.6 Å². The highest BCUT2D eigenvalue weighted by molar-refractivity contribution is 5.96. The smallest absolute Gasteiger partial charge is 0.247 e. The number of benzene rings is 2. The summed E-state index contributed by atoms with van der Waals surface area (Å²) in [4.78, 5) is 29.2. The molecule has 1 aliphatic heterocycles. The highest BCUT2D eigenvalue weighted by Crippen LogP contribution is 2.51. The third-order valence-electron chi connectivity index (χ3n) is 9.19. The Balaban J connectivity index is 1.51. The monoisotopic (exact) mass is 608 g/mol. The van der Waals surface area contributed by atoms with Gasteiger partial charge in [-0.2, -0.15) is 0 Å². The Bertz CT molecular complexity index is 1350. The van der Waals surface area contributed by atoms with Crippen LogP contribution in [-0.4, -0.2) is 84.2 Å². The molecule has 4 atom stereocenters. The van der Waals surface area contributed by atoms with Crippen LogP contribution >= 0.6 is 0 Å². The number of carbonyl (C=O) groups is 2. The zero-order chi connectivity index (χ0) is 31.2. The zero-order valence-electron chi connectivity index (χ0n) is 25.5. The van der Waals surface area contributed by atoms with Crippen molar-refractivity contribution in [1.82, 2.24) is 10.2 Å². The van der Waals surface area contributed by atoms with E-state index in [0.29, 0.717) is 53.5 Å². The molecule has 1 saturated carbocycles. The third kappa shape index (κ3) is 6.72. The predicted octanol–water partition coefficient (Wildman–Crippen LogP) is 2.86. The number of rotatable bonds is 13. The van der Waals surface area contributed by atoms with Gasteiger partial charge < -0.3 is 39.7 Å². The summed E-state index contributed by atoms with van der Waals surface area (Å²) in [7, 11) is 3.11. The van der Waals surface area contributed by atoms with Gasteiger partial charge in [0.25, 0.3) is 0 Å². The zero-order valence-corrected chi connectivity index (χ0v) is 25.5. The second kappa shape index (κ2) is 14.5. The Morgan fingerprint density at radius 1 is 1.07 bits per heavy atom. The van der Waals surface area contributed by atoms with Gasteiger partial charge in [-0.25, -0.2) is 0 Å². The van der Waals surface area contributed by atoms with Crippen molar-refractivity contribution in [1.29, 1.82) is 0 Å². The van der Waals surface area contributed by atoms with E-state index in [1.807, 2.05) is 24.3 Å². The third-order valence-corrected chi connectivity index (χ3v) is 9.19. The van der Waals surface area contributed by atoms with Crippen LogP contribution in [0.15, 0.2) is 48.0 Å². The molecular weight excluding hydrogens is 564 g/mol. The molecule has 2 aromatic carbocycles. The van der Waals surface area contributed by atoms with Crippen molar-refractivity contribution in [2.24, 2.45) is 5.92 Å². The highest BCUT2D eigenvalue weighted by atomic mass is 16.5. The van der Waals surface area contributed by atoms with Crippen molar-refractivity contribution in [3.63, 3.8) is 0 Å². The summed E-state index contributed by atoms with van der Waals surface area (Å²) in [5.41, 5.74) is 2.52. The summed E-state index contributed by atoms with van der Waals surface area (Å²) in [6, 6.07) is 10.3. The first-order valence-corrected chi connectivity index (χ1v) is 15.6. The van der Waals surface area contributed by atoms with Crippen molar-refractivity contribution in [3.8, 4) is 17.2 Å². The van der Waals surface area contributed by atoms with Crippen molar-refractivity contribution in [2.75, 3.05) is 33.9 Å². The Kier molecular flexibility index (Phi) is 10.5. The minimum absolute atomic E-state index is 0.0500. The van der Waals surface area contributed by atoms with E-state index in [0.717, 1.165) is 30.6 Å². The van der Waals surface area contributed by atoms with Crippen LogP contribution in [0.1, 0.15) is 61.1 Å². The van der Waals surface area contributed by atoms with Crippen LogP contribution in [0.4, 0.5) is 0 Å². The first-order valence-electron chi connectivity index (χ1n) is 15.6. The van der Waals surface area contributed by atoms with Crippen molar-refractivity contribution >= 4 is 11.8 Å². The number of methoxy groups -OCH3 is 2. The number of nitrogens with zero attached hydrogens (tertiary/aromatic N) is 1. The Morgan fingerprint density at radius 2 is 1.86 bits per heavy atom. The van der Waals surface area contributed by atoms with Crippen LogP contribution < -0.4 is 19.5 Å². The Hall–Kier alpha value is -3.60. The Labute approximate surface area is 258 Å². The number of ether oxygens (including phenoxy) is 3. The number of aliphatic hydroxyl groups excluding tert-OH is 3. The summed E-state index contributed by atoms with van der Waals surface area (Å²) in [5, 5.41) is 34.0. The van der Waals surface area contributed by atoms with Gasteiger partial charge >= 0.3 is 0 Å². The van der Waals surface area contributed by atoms with E-state index >= 15 is 0 Å². The van der Waals surface area contributed by atoms with Gasteiger partial charge in [-0.05, 0) is 60.2 Å². The lowest BCUT2D eigenvalue weighted by Gasteiger charge is -2.41. The summed E-state index contributed by atoms with van der Waals surface area (Å²) in [5.74, 6) is 0.878. The van der Waals surface area contributed by atoms with E-state index < -0.39 is 30.1 Å². The molecule has 0 spiro atoms. The Morgan fingerprint density at radius 3 is 2.57 bits per heavy atom. The maximum absolute atomic E-state index is 14.0. The molecule has 1 heterocycles. The molecule has 2 aromatic rings. The number of hydrogen-bond donors (Lipinski definition) is 4. The maximum atomic E-state index is 14.0. The second-order valence-electron chi connectivity index (χ2n) is 11.9. The predicted molar refractivity (Wildman–Crippen MR) is 164 cm³/mol. The van der Waals surface area contributed by atoms with Crippen molar-refractivity contribution in [3.05, 3.63) is 64.7 Å². The van der Waals surface area contributed by atoms with Gasteiger partial charge in [-0.3, -0.25) is 9.59 Å². The second-order valence-corrected chi connectivity index (χ2v) is 11.9. The lowest BCUT2D eigenvalue weighted by atomic mass is 9.77. The fraction of sp³-hybridized carbons (Fsp3) is 0.529. The van der Waals surface area contributed by atoms with E-state index in [9.17, 15) is 24.9 Å². The summed E-state index contributed by atoms with van der Waals surface area (Å²) >= 11 is 0. The highest BCUT2D eigenvalue weighted by Gasteiger charge is 2.51. The van der Waals surface area contributed by atoms with Gasteiger partial charge in [0.1, 0.15) is 18.0 Å². The molecule has 3 aliphatic rings. The first kappa shape index (κ1) is 31.8. The first-order chi connectivity index (χ1) is 21.4. The molecule has 4 N–H and O–H groups in total. The molecule has 238 valence electrons. The molecule has 0 unspecified atom stereocenters. The molecule has 2 amide bonds. The molecular formula is C34H44N2O8. The number of hydrogen-bond acceptors (Lipinski definition) is 8. The summed E-state index contributed by atoms with van der Waals surface area (Å²) in [6.45, 7) is -0.103. The maximum Gasteiger partial charge on any atom is 0.247 e. The SMILES string of the molecule is COc1cccc(CCN(C(=O)CCC2CCCC2)[C@@H]2C=C(C(=O)NCCO)[C@@H]3c4cc(CO)cc(OC)c4O[C@@H]3[C@H]2O)c1. The minimum atomic E-state index is -1.15. The van der Waals surface area contributed by atoms with Gasteiger partial charge in [-0.15, -0.1) is 0 Å². The molecule has 2 aliphatic carbocycles. The van der Waals surface area contributed by atoms with Crippen LogP contribution in [0.3, 0.4) is 0 Å². The number of nitrogens with one attached hydrogen (secondary N) is 1. The molecule has 0 radical (unpaired) electrons. The van der Waals surface area contributed by atoms with Gasteiger partial charge in [0, 0.05) is 30.6 Å². The minimum Gasteiger partial charge on any atom is -0.497 e. The molecule has 0 saturated heterocycles. The van der Waals surface area contributed by atoms with Crippen LogP contribution in [0.2, 0.25) is 0 Å². The van der Waals surface area contributed by atoms with Crippen molar-refractivity contribution < 1.29 is 39.1 Å². The van der Waals surface area contributed by atoms with Crippen LogP contribution in [0.25, 0.3) is 0 Å². The van der Waals surface area contributed by atoms with Gasteiger partial charge in [-0.1, -0.05) is 37.8 Å². The number of aliphatic hydroxyl groups is 3. The number of amides is 2. The lowest BCUT2D eigenvalue weighted by Crippen LogP contribution is -2.56. The molecule has 0 bridgehead atoms. The molecule has 10 nitrogen and oxygen atoms in total. The molecule has 5 rings (SSSR count). The van der Waals surface area contributed by atoms with Gasteiger partial charge in [0.05, 0.1) is 39.4 Å². The van der Waals surface area contributed by atoms with E-state index in [2.05, 4.69) is 5.32 Å². The van der Waals surface area contributed by atoms with E-state index in [1.54, 1.807) is 30.2 Å². The van der Waals surface area contributed by atoms with Gasteiger partial charge in [0.2, 0.25) is 11.8 Å². The average Bonchev–Trinajstić information content (AvgIpc) is 3.72. The van der Waals surface area contributed by atoms with Crippen LogP contribution in [0, 0.1) is 5.92 Å². The van der Waals surface area contributed by atoms with Gasteiger partial charge in [0.15, 0.2) is 11.5 Å². The standard InChI is InChI=1S/C34H44N2O8/c1-42-24-9-5-8-22(16-24)12-14-36(29(39)11-10-21-6-3-4-7-21)27-19-26(34(41)35-13-15-37)30-25-17-23(20-38)18-28(43-2)32(25)44-33(30)31(27)40/h5,8-9,16-19,21,27,30-31,33,37-38,40H,3-4,6-7,10-15,20H2,1-2H3,(H,35,41)/t27-,30+,31+,33+/m1/s1. The molecule has 10 heteroatoms. The van der Waals surface area contributed by atoms with E-state index in [1.165, 1.54) is 20.0 Å². The average molecular weight is 609 g/mol. The lowest BCUT2D eigenvalue weighted by molar-refractivity contribution is -0.137.